The Morgan fingerprint density at radius 2 is 1.81 bits per heavy atom. The highest BCUT2D eigenvalue weighted by Crippen LogP contribution is 2.29. The molecule has 0 unspecified atom stereocenters. The van der Waals surface area contributed by atoms with Crippen molar-refractivity contribution in [2.45, 2.75) is 57.4 Å². The van der Waals surface area contributed by atoms with Gasteiger partial charge in [0, 0.05) is 6.04 Å². The number of hydrogen-bond donors (Lipinski definition) is 2. The summed E-state index contributed by atoms with van der Waals surface area (Å²) in [6.45, 7) is 1.13. The topological polar surface area (TPSA) is 49.3 Å². The molecular formula is C13H23NO2. The van der Waals surface area contributed by atoms with Crippen molar-refractivity contribution in [3.05, 3.63) is 0 Å². The van der Waals surface area contributed by atoms with E-state index in [2.05, 4.69) is 5.32 Å². The van der Waals surface area contributed by atoms with Gasteiger partial charge in [-0.2, -0.15) is 0 Å². The lowest BCUT2D eigenvalue weighted by molar-refractivity contribution is -0.142. The summed E-state index contributed by atoms with van der Waals surface area (Å²) in [5.41, 5.74) is 0. The lowest BCUT2D eigenvalue weighted by Gasteiger charge is -2.29. The van der Waals surface area contributed by atoms with Crippen LogP contribution in [-0.4, -0.2) is 23.7 Å². The van der Waals surface area contributed by atoms with Crippen molar-refractivity contribution in [3.8, 4) is 0 Å². The van der Waals surface area contributed by atoms with Crippen LogP contribution in [0.4, 0.5) is 0 Å². The van der Waals surface area contributed by atoms with E-state index < -0.39 is 5.97 Å². The summed E-state index contributed by atoms with van der Waals surface area (Å²) in [5, 5.41) is 12.5. The smallest absolute Gasteiger partial charge is 0.306 e. The van der Waals surface area contributed by atoms with Gasteiger partial charge in [-0.3, -0.25) is 4.79 Å². The Balaban J connectivity index is 1.56. The van der Waals surface area contributed by atoms with Crippen molar-refractivity contribution >= 4 is 5.97 Å². The van der Waals surface area contributed by atoms with Crippen molar-refractivity contribution in [2.75, 3.05) is 6.54 Å². The fourth-order valence-electron chi connectivity index (χ4n) is 2.82. The van der Waals surface area contributed by atoms with E-state index >= 15 is 0 Å². The van der Waals surface area contributed by atoms with E-state index in [9.17, 15) is 4.79 Å². The molecule has 0 aromatic rings. The van der Waals surface area contributed by atoms with Crippen LogP contribution in [0.15, 0.2) is 0 Å². The third-order valence-electron chi connectivity index (χ3n) is 4.29. The van der Waals surface area contributed by atoms with Crippen LogP contribution in [0, 0.1) is 11.8 Å². The Labute approximate surface area is 97.6 Å². The Hall–Kier alpha value is -0.570. The van der Waals surface area contributed by atoms with E-state index in [0.717, 1.165) is 38.1 Å². The Kier molecular flexibility index (Phi) is 4.22. The highest BCUT2D eigenvalue weighted by Gasteiger charge is 2.25. The van der Waals surface area contributed by atoms with Crippen LogP contribution in [0.5, 0.6) is 0 Å². The average molecular weight is 225 g/mol. The van der Waals surface area contributed by atoms with Gasteiger partial charge in [0.15, 0.2) is 0 Å². The highest BCUT2D eigenvalue weighted by atomic mass is 16.4. The third-order valence-corrected chi connectivity index (χ3v) is 4.29. The Morgan fingerprint density at radius 3 is 2.31 bits per heavy atom. The molecule has 2 aliphatic carbocycles. The van der Waals surface area contributed by atoms with E-state index in [0.29, 0.717) is 6.04 Å². The van der Waals surface area contributed by atoms with Gasteiger partial charge in [-0.1, -0.05) is 19.3 Å². The molecule has 0 saturated heterocycles. The van der Waals surface area contributed by atoms with E-state index in [1.165, 1.54) is 25.7 Å². The van der Waals surface area contributed by atoms with E-state index in [1.54, 1.807) is 0 Å². The highest BCUT2D eigenvalue weighted by molar-refractivity contribution is 5.70. The summed E-state index contributed by atoms with van der Waals surface area (Å²) >= 11 is 0. The normalized spacial score (nSPS) is 31.0. The van der Waals surface area contributed by atoms with Crippen LogP contribution in [0.25, 0.3) is 0 Å². The van der Waals surface area contributed by atoms with Crippen molar-refractivity contribution in [1.29, 1.82) is 0 Å². The van der Waals surface area contributed by atoms with Crippen LogP contribution in [-0.2, 0) is 4.79 Å². The molecule has 0 amide bonds. The van der Waals surface area contributed by atoms with Gasteiger partial charge in [0.2, 0.25) is 0 Å². The van der Waals surface area contributed by atoms with Crippen LogP contribution >= 0.6 is 0 Å². The standard InChI is InChI=1S/C13H23NO2/c15-13(16)11-4-6-12(7-5-11)14-9-8-10-2-1-3-10/h10-12,14H,1-9H2,(H,15,16). The molecule has 0 aromatic heterocycles. The molecule has 0 aromatic carbocycles. The van der Waals surface area contributed by atoms with Gasteiger partial charge in [-0.25, -0.2) is 0 Å². The molecule has 0 radical (unpaired) electrons. The zero-order valence-corrected chi connectivity index (χ0v) is 9.95. The second-order valence-corrected chi connectivity index (χ2v) is 5.43. The van der Waals surface area contributed by atoms with Crippen LogP contribution in [0.1, 0.15) is 51.4 Å². The third kappa shape index (κ3) is 3.21. The van der Waals surface area contributed by atoms with Crippen molar-refractivity contribution in [2.24, 2.45) is 11.8 Å². The van der Waals surface area contributed by atoms with Gasteiger partial charge in [-0.15, -0.1) is 0 Å². The summed E-state index contributed by atoms with van der Waals surface area (Å²) in [6.07, 6.45) is 9.39. The summed E-state index contributed by atoms with van der Waals surface area (Å²) in [5.74, 6) is 0.292. The first-order valence-corrected chi connectivity index (χ1v) is 6.72. The molecule has 0 spiro atoms. The maximum atomic E-state index is 10.8. The number of aliphatic carboxylic acids is 1. The molecule has 2 saturated carbocycles. The van der Waals surface area contributed by atoms with Gasteiger partial charge < -0.3 is 10.4 Å². The molecule has 2 rings (SSSR count). The van der Waals surface area contributed by atoms with E-state index in [4.69, 9.17) is 5.11 Å². The van der Waals surface area contributed by atoms with Crippen LogP contribution < -0.4 is 5.32 Å². The molecule has 2 N–H and O–H groups in total. The molecule has 0 heterocycles. The molecular weight excluding hydrogens is 202 g/mol. The van der Waals surface area contributed by atoms with E-state index in [1.807, 2.05) is 0 Å². The van der Waals surface area contributed by atoms with Gasteiger partial charge in [0.1, 0.15) is 0 Å². The van der Waals surface area contributed by atoms with Crippen molar-refractivity contribution in [1.82, 2.24) is 5.32 Å². The van der Waals surface area contributed by atoms with Gasteiger partial charge >= 0.3 is 5.97 Å². The second-order valence-electron chi connectivity index (χ2n) is 5.43. The number of hydrogen-bond acceptors (Lipinski definition) is 2. The van der Waals surface area contributed by atoms with Crippen molar-refractivity contribution < 1.29 is 9.90 Å². The fraction of sp³-hybridized carbons (Fsp3) is 0.923. The number of rotatable bonds is 5. The molecule has 3 nitrogen and oxygen atoms in total. The minimum Gasteiger partial charge on any atom is -0.481 e. The minimum atomic E-state index is -0.604. The lowest BCUT2D eigenvalue weighted by atomic mass is 9.82. The van der Waals surface area contributed by atoms with E-state index in [-0.39, 0.29) is 5.92 Å². The Bertz CT molecular complexity index is 230. The largest absolute Gasteiger partial charge is 0.481 e. The van der Waals surface area contributed by atoms with Gasteiger partial charge in [0.05, 0.1) is 5.92 Å². The predicted octanol–water partition coefficient (Wildman–Crippen LogP) is 2.41. The van der Waals surface area contributed by atoms with Crippen molar-refractivity contribution in [3.63, 3.8) is 0 Å². The molecule has 0 aliphatic heterocycles. The first kappa shape index (κ1) is 11.9. The summed E-state index contributed by atoms with van der Waals surface area (Å²) < 4.78 is 0. The molecule has 3 heteroatoms. The van der Waals surface area contributed by atoms with Crippen LogP contribution in [0.3, 0.4) is 0 Å². The first-order chi connectivity index (χ1) is 7.75. The number of carboxylic acids is 1. The van der Waals surface area contributed by atoms with Gasteiger partial charge in [0.25, 0.3) is 0 Å². The molecule has 0 atom stereocenters. The maximum Gasteiger partial charge on any atom is 0.306 e. The molecule has 92 valence electrons. The first-order valence-electron chi connectivity index (χ1n) is 6.72. The summed E-state index contributed by atoms with van der Waals surface area (Å²) in [4.78, 5) is 10.8. The second kappa shape index (κ2) is 5.67. The molecule has 2 aliphatic rings. The lowest BCUT2D eigenvalue weighted by Crippen LogP contribution is -2.36. The van der Waals surface area contributed by atoms with Gasteiger partial charge in [-0.05, 0) is 44.6 Å². The number of nitrogens with one attached hydrogen (secondary N) is 1. The minimum absolute atomic E-state index is 0.0790. The average Bonchev–Trinajstić information content (AvgIpc) is 2.22. The Morgan fingerprint density at radius 1 is 1.12 bits per heavy atom. The predicted molar refractivity (Wildman–Crippen MR) is 63.3 cm³/mol. The zero-order valence-electron chi connectivity index (χ0n) is 9.95. The SMILES string of the molecule is O=C(O)C1CCC(NCCC2CCC2)CC1. The number of carbonyl (C=O) groups is 1. The van der Waals surface area contributed by atoms with Crippen LogP contribution in [0.2, 0.25) is 0 Å². The maximum absolute atomic E-state index is 10.8. The summed E-state index contributed by atoms with van der Waals surface area (Å²) in [6, 6.07) is 0.579. The summed E-state index contributed by atoms with van der Waals surface area (Å²) in [7, 11) is 0. The fourth-order valence-corrected chi connectivity index (χ4v) is 2.82. The molecule has 0 bridgehead atoms. The molecule has 2 fully saturated rings. The molecule has 16 heavy (non-hydrogen) atoms. The zero-order chi connectivity index (χ0) is 11.4. The number of carboxylic acid groups (broad SMARTS) is 1. The quantitative estimate of drug-likeness (QED) is 0.755. The monoisotopic (exact) mass is 225 g/mol.